The van der Waals surface area contributed by atoms with Crippen LogP contribution in [0, 0.1) is 12.7 Å². The van der Waals surface area contributed by atoms with Crippen molar-refractivity contribution < 1.29 is 28.6 Å². The van der Waals surface area contributed by atoms with Crippen LogP contribution in [0.3, 0.4) is 0 Å². The molecule has 0 saturated carbocycles. The second-order valence-corrected chi connectivity index (χ2v) is 8.31. The van der Waals surface area contributed by atoms with Gasteiger partial charge in [0, 0.05) is 6.54 Å². The largest absolute Gasteiger partial charge is 0.478 e. The zero-order valence-corrected chi connectivity index (χ0v) is 19.1. The minimum atomic E-state index is -1.36. The lowest BCUT2D eigenvalue weighted by Gasteiger charge is -2.23. The van der Waals surface area contributed by atoms with E-state index in [9.17, 15) is 19.1 Å². The van der Waals surface area contributed by atoms with Crippen molar-refractivity contribution in [1.82, 2.24) is 5.32 Å². The normalized spacial score (nSPS) is 11.1. The third-order valence-electron chi connectivity index (χ3n) is 4.79. The Labute approximate surface area is 195 Å². The van der Waals surface area contributed by atoms with Gasteiger partial charge in [-0.1, -0.05) is 23.7 Å². The molecule has 172 valence electrons. The first-order chi connectivity index (χ1) is 15.5. The van der Waals surface area contributed by atoms with Crippen LogP contribution in [-0.2, 0) is 11.3 Å². The number of carboxylic acid groups (broad SMARTS) is 1. The Morgan fingerprint density at radius 2 is 1.79 bits per heavy atom. The molecule has 0 radical (unpaired) electrons. The first-order valence-electron chi connectivity index (χ1n) is 10.1. The number of benzene rings is 3. The number of aryl methyl sites for hydroxylation is 1. The van der Waals surface area contributed by atoms with E-state index < -0.39 is 23.3 Å². The quantitative estimate of drug-likeness (QED) is 0.437. The van der Waals surface area contributed by atoms with E-state index in [-0.39, 0.29) is 17.1 Å². The average molecular weight is 472 g/mol. The van der Waals surface area contributed by atoms with E-state index in [1.165, 1.54) is 26.0 Å². The molecular formula is C25H23ClFNO5. The first kappa shape index (κ1) is 24.1. The van der Waals surface area contributed by atoms with Crippen LogP contribution >= 0.6 is 11.6 Å². The summed E-state index contributed by atoms with van der Waals surface area (Å²) in [4.78, 5) is 23.6. The van der Waals surface area contributed by atoms with Crippen LogP contribution in [0.2, 0.25) is 5.02 Å². The molecule has 0 heterocycles. The highest BCUT2D eigenvalue weighted by atomic mass is 35.5. The van der Waals surface area contributed by atoms with Crippen LogP contribution in [0.25, 0.3) is 0 Å². The monoisotopic (exact) mass is 471 g/mol. The number of carbonyl (C=O) groups is 2. The van der Waals surface area contributed by atoms with Crippen LogP contribution in [0.1, 0.15) is 35.3 Å². The molecule has 3 aromatic rings. The summed E-state index contributed by atoms with van der Waals surface area (Å²) in [6.45, 7) is 4.98. The minimum Gasteiger partial charge on any atom is -0.478 e. The number of ether oxygens (including phenoxy) is 2. The lowest BCUT2D eigenvalue weighted by atomic mass is 10.1. The Balaban J connectivity index is 1.66. The van der Waals surface area contributed by atoms with E-state index in [1.807, 2.05) is 6.07 Å². The summed E-state index contributed by atoms with van der Waals surface area (Å²) in [5.74, 6) is -0.435. The second-order valence-electron chi connectivity index (χ2n) is 7.90. The number of halogens is 2. The number of carboxylic acids is 1. The Morgan fingerprint density at radius 3 is 2.45 bits per heavy atom. The first-order valence-corrected chi connectivity index (χ1v) is 10.5. The highest BCUT2D eigenvalue weighted by molar-refractivity contribution is 6.33. The van der Waals surface area contributed by atoms with E-state index in [2.05, 4.69) is 5.32 Å². The maximum atomic E-state index is 13.2. The maximum absolute atomic E-state index is 13.2. The van der Waals surface area contributed by atoms with Crippen molar-refractivity contribution in [1.29, 1.82) is 0 Å². The van der Waals surface area contributed by atoms with Gasteiger partial charge in [-0.3, -0.25) is 4.79 Å². The molecular weight excluding hydrogens is 449 g/mol. The molecule has 0 atom stereocenters. The molecule has 1 amide bonds. The van der Waals surface area contributed by atoms with Crippen LogP contribution in [-0.4, -0.2) is 22.6 Å². The third-order valence-corrected chi connectivity index (χ3v) is 5.10. The van der Waals surface area contributed by atoms with Gasteiger partial charge in [-0.25, -0.2) is 9.18 Å². The minimum absolute atomic E-state index is 0.0409. The summed E-state index contributed by atoms with van der Waals surface area (Å²) in [6.07, 6.45) is 0. The summed E-state index contributed by atoms with van der Waals surface area (Å²) >= 11 is 5.94. The fraction of sp³-hybridized carbons (Fsp3) is 0.200. The molecule has 2 N–H and O–H groups in total. The van der Waals surface area contributed by atoms with Gasteiger partial charge in [0.25, 0.3) is 5.91 Å². The van der Waals surface area contributed by atoms with E-state index in [0.717, 1.165) is 17.2 Å². The standard InChI is InChI=1S/C25H23ClFNO5/c1-15-11-19(8-10-22(15)33-25(2,3)24(30)31)32-18-6-4-5-16(12-18)14-28-23(29)20-9-7-17(27)13-21(20)26/h4-13H,14H2,1-3H3,(H,28,29)(H,30,31). The molecule has 0 spiro atoms. The molecule has 0 saturated heterocycles. The van der Waals surface area contributed by atoms with Gasteiger partial charge in [0.05, 0.1) is 10.6 Å². The zero-order valence-electron chi connectivity index (χ0n) is 18.3. The van der Waals surface area contributed by atoms with E-state index in [0.29, 0.717) is 17.2 Å². The zero-order chi connectivity index (χ0) is 24.2. The van der Waals surface area contributed by atoms with Crippen molar-refractivity contribution in [2.45, 2.75) is 32.9 Å². The van der Waals surface area contributed by atoms with Crippen molar-refractivity contribution in [2.75, 3.05) is 0 Å². The summed E-state index contributed by atoms with van der Waals surface area (Å²) in [7, 11) is 0. The van der Waals surface area contributed by atoms with Gasteiger partial charge in [-0.05, 0) is 80.4 Å². The summed E-state index contributed by atoms with van der Waals surface area (Å²) in [5, 5.41) is 12.0. The maximum Gasteiger partial charge on any atom is 0.347 e. The highest BCUT2D eigenvalue weighted by Crippen LogP contribution is 2.30. The van der Waals surface area contributed by atoms with Crippen molar-refractivity contribution in [2.24, 2.45) is 0 Å². The number of hydrogen-bond donors (Lipinski definition) is 2. The van der Waals surface area contributed by atoms with Crippen molar-refractivity contribution in [3.8, 4) is 17.2 Å². The number of hydrogen-bond acceptors (Lipinski definition) is 4. The Kier molecular flexibility index (Phi) is 7.23. The van der Waals surface area contributed by atoms with Gasteiger partial charge < -0.3 is 19.9 Å². The summed E-state index contributed by atoms with van der Waals surface area (Å²) in [5.41, 5.74) is 0.346. The Bertz CT molecular complexity index is 1200. The fourth-order valence-electron chi connectivity index (χ4n) is 2.92. The molecule has 0 unspecified atom stereocenters. The van der Waals surface area contributed by atoms with Gasteiger partial charge in [0.2, 0.25) is 0 Å². The fourth-order valence-corrected chi connectivity index (χ4v) is 3.18. The molecule has 0 aliphatic carbocycles. The van der Waals surface area contributed by atoms with E-state index in [4.69, 9.17) is 21.1 Å². The topological polar surface area (TPSA) is 84.9 Å². The van der Waals surface area contributed by atoms with Crippen LogP contribution < -0.4 is 14.8 Å². The number of nitrogens with one attached hydrogen (secondary N) is 1. The van der Waals surface area contributed by atoms with E-state index >= 15 is 0 Å². The predicted octanol–water partition coefficient (Wildman–Crippen LogP) is 5.75. The predicted molar refractivity (Wildman–Crippen MR) is 123 cm³/mol. The van der Waals surface area contributed by atoms with E-state index in [1.54, 1.807) is 43.3 Å². The highest BCUT2D eigenvalue weighted by Gasteiger charge is 2.29. The molecule has 3 aromatic carbocycles. The molecule has 6 nitrogen and oxygen atoms in total. The van der Waals surface area contributed by atoms with Crippen molar-refractivity contribution in [3.05, 3.63) is 88.2 Å². The molecule has 3 rings (SSSR count). The molecule has 33 heavy (non-hydrogen) atoms. The van der Waals surface area contributed by atoms with Crippen LogP contribution in [0.5, 0.6) is 17.2 Å². The number of amides is 1. The smallest absolute Gasteiger partial charge is 0.347 e. The molecule has 0 bridgehead atoms. The lowest BCUT2D eigenvalue weighted by molar-refractivity contribution is -0.152. The lowest BCUT2D eigenvalue weighted by Crippen LogP contribution is -2.38. The number of aliphatic carboxylic acids is 1. The summed E-state index contributed by atoms with van der Waals surface area (Å²) in [6, 6.07) is 15.9. The van der Waals surface area contributed by atoms with Gasteiger partial charge in [0.15, 0.2) is 5.60 Å². The van der Waals surface area contributed by atoms with Crippen LogP contribution in [0.4, 0.5) is 4.39 Å². The number of rotatable bonds is 8. The van der Waals surface area contributed by atoms with Gasteiger partial charge in [-0.15, -0.1) is 0 Å². The average Bonchev–Trinajstić information content (AvgIpc) is 2.74. The van der Waals surface area contributed by atoms with Gasteiger partial charge >= 0.3 is 5.97 Å². The second kappa shape index (κ2) is 9.92. The molecule has 0 aromatic heterocycles. The van der Waals surface area contributed by atoms with Gasteiger partial charge in [0.1, 0.15) is 23.1 Å². The van der Waals surface area contributed by atoms with Crippen molar-refractivity contribution in [3.63, 3.8) is 0 Å². The van der Waals surface area contributed by atoms with Gasteiger partial charge in [-0.2, -0.15) is 0 Å². The van der Waals surface area contributed by atoms with Crippen LogP contribution in [0.15, 0.2) is 60.7 Å². The SMILES string of the molecule is Cc1cc(Oc2cccc(CNC(=O)c3ccc(F)cc3Cl)c2)ccc1OC(C)(C)C(=O)O. The summed E-state index contributed by atoms with van der Waals surface area (Å²) < 4.78 is 24.7. The molecule has 0 fully saturated rings. The van der Waals surface area contributed by atoms with Crippen molar-refractivity contribution >= 4 is 23.5 Å². The molecule has 0 aliphatic rings. The Hall–Kier alpha value is -3.58. The Morgan fingerprint density at radius 1 is 1.06 bits per heavy atom. The third kappa shape index (κ3) is 6.23. The number of carbonyl (C=O) groups excluding carboxylic acids is 1. The molecule has 8 heteroatoms. The molecule has 0 aliphatic heterocycles.